The average Bonchev–Trinajstić information content (AvgIpc) is 3.29. The highest BCUT2D eigenvalue weighted by Crippen LogP contribution is 2.31. The Morgan fingerprint density at radius 1 is 1.15 bits per heavy atom. The van der Waals surface area contributed by atoms with Crippen LogP contribution >= 0.6 is 22.9 Å². The number of benzene rings is 2. The van der Waals surface area contributed by atoms with Crippen molar-refractivity contribution in [2.24, 2.45) is 0 Å². The van der Waals surface area contributed by atoms with E-state index in [1.807, 2.05) is 30.3 Å². The molecule has 0 unspecified atom stereocenters. The van der Waals surface area contributed by atoms with Gasteiger partial charge in [-0.25, -0.2) is 9.37 Å². The van der Waals surface area contributed by atoms with Crippen molar-refractivity contribution in [2.75, 3.05) is 0 Å². The predicted molar refractivity (Wildman–Crippen MR) is 104 cm³/mol. The van der Waals surface area contributed by atoms with Crippen LogP contribution in [-0.2, 0) is 17.8 Å². The molecule has 0 aliphatic carbocycles. The summed E-state index contributed by atoms with van der Waals surface area (Å²) in [5.74, 6) is 0.420. The molecule has 0 atom stereocenters. The van der Waals surface area contributed by atoms with Crippen molar-refractivity contribution in [1.29, 1.82) is 0 Å². The fraction of sp³-hybridized carbons (Fsp3) is 0.100. The van der Waals surface area contributed by atoms with Crippen LogP contribution in [0.2, 0.25) is 5.02 Å². The molecule has 4 nitrogen and oxygen atoms in total. The number of furan rings is 1. The van der Waals surface area contributed by atoms with E-state index in [9.17, 15) is 9.18 Å². The number of carbonyl (C=O) groups is 1. The zero-order valence-corrected chi connectivity index (χ0v) is 15.6. The Bertz CT molecular complexity index is 1070. The van der Waals surface area contributed by atoms with E-state index in [0.717, 1.165) is 15.2 Å². The minimum absolute atomic E-state index is 0.128. The Morgan fingerprint density at radius 2 is 2.00 bits per heavy atom. The summed E-state index contributed by atoms with van der Waals surface area (Å²) in [6, 6.07) is 15.8. The molecule has 27 heavy (non-hydrogen) atoms. The van der Waals surface area contributed by atoms with Gasteiger partial charge in [-0.3, -0.25) is 4.79 Å². The first-order valence-corrected chi connectivity index (χ1v) is 9.44. The summed E-state index contributed by atoms with van der Waals surface area (Å²) >= 11 is 7.50. The third-order valence-corrected chi connectivity index (χ3v) is 5.43. The number of nitrogens with zero attached hydrogens (tertiary/aromatic N) is 1. The van der Waals surface area contributed by atoms with E-state index in [-0.39, 0.29) is 29.5 Å². The summed E-state index contributed by atoms with van der Waals surface area (Å²) in [6.07, 6.45) is -0.128. The zero-order chi connectivity index (χ0) is 18.8. The van der Waals surface area contributed by atoms with Crippen molar-refractivity contribution in [1.82, 2.24) is 10.3 Å². The number of amides is 1. The van der Waals surface area contributed by atoms with Crippen LogP contribution in [0.15, 0.2) is 59.0 Å². The van der Waals surface area contributed by atoms with Crippen molar-refractivity contribution in [3.63, 3.8) is 0 Å². The Kier molecular flexibility index (Phi) is 4.92. The fourth-order valence-electron chi connectivity index (χ4n) is 2.68. The molecule has 2 aromatic heterocycles. The van der Waals surface area contributed by atoms with Gasteiger partial charge in [0.05, 0.1) is 23.2 Å². The molecule has 0 saturated carbocycles. The van der Waals surface area contributed by atoms with Gasteiger partial charge in [-0.05, 0) is 36.4 Å². The average molecular weight is 401 g/mol. The Hall–Kier alpha value is -2.70. The second-order valence-electron chi connectivity index (χ2n) is 5.91. The van der Waals surface area contributed by atoms with Crippen LogP contribution in [0.3, 0.4) is 0 Å². The van der Waals surface area contributed by atoms with Crippen molar-refractivity contribution in [3.05, 3.63) is 76.8 Å². The molecular weight excluding hydrogens is 387 g/mol. The molecule has 4 rings (SSSR count). The Labute approximate surface area is 163 Å². The number of fused-ring (bicyclic) bond motifs is 1. The fourth-order valence-corrected chi connectivity index (χ4v) is 3.83. The zero-order valence-electron chi connectivity index (χ0n) is 14.0. The number of para-hydroxylation sites is 1. The number of hydrogen-bond donors (Lipinski definition) is 1. The molecule has 0 spiro atoms. The molecule has 0 aliphatic rings. The number of aromatic nitrogens is 1. The number of hydrogen-bond acceptors (Lipinski definition) is 4. The molecule has 0 saturated heterocycles. The number of thiazole rings is 1. The molecule has 7 heteroatoms. The highest BCUT2D eigenvalue weighted by molar-refractivity contribution is 7.21. The maximum absolute atomic E-state index is 13.8. The minimum Gasteiger partial charge on any atom is -0.457 e. The van der Waals surface area contributed by atoms with Gasteiger partial charge >= 0.3 is 0 Å². The first kappa shape index (κ1) is 17.7. The molecule has 0 radical (unpaired) electrons. The van der Waals surface area contributed by atoms with Crippen molar-refractivity contribution in [3.8, 4) is 10.8 Å². The van der Waals surface area contributed by atoms with Gasteiger partial charge in [-0.1, -0.05) is 29.8 Å². The third-order valence-electron chi connectivity index (χ3n) is 4.03. The lowest BCUT2D eigenvalue weighted by Gasteiger charge is -2.06. The summed E-state index contributed by atoms with van der Waals surface area (Å²) in [6.45, 7) is 0.204. The predicted octanol–water partition coefficient (Wildman–Crippen LogP) is 5.21. The van der Waals surface area contributed by atoms with Gasteiger partial charge in [0.25, 0.3) is 0 Å². The van der Waals surface area contributed by atoms with Gasteiger partial charge < -0.3 is 9.73 Å². The molecule has 136 valence electrons. The van der Waals surface area contributed by atoms with Gasteiger partial charge in [-0.15, -0.1) is 11.3 Å². The van der Waals surface area contributed by atoms with Crippen LogP contribution in [0.5, 0.6) is 0 Å². The van der Waals surface area contributed by atoms with Gasteiger partial charge in [0.1, 0.15) is 11.6 Å². The SMILES string of the molecule is O=C(Cc1c(F)cccc1Cl)NCc1ccc(-c2nc3ccccc3s2)o1. The van der Waals surface area contributed by atoms with Gasteiger partial charge in [0.15, 0.2) is 10.8 Å². The van der Waals surface area contributed by atoms with Crippen LogP contribution in [0, 0.1) is 5.82 Å². The number of nitrogens with one attached hydrogen (secondary N) is 1. The van der Waals surface area contributed by atoms with Crippen molar-refractivity contribution < 1.29 is 13.6 Å². The van der Waals surface area contributed by atoms with Crippen LogP contribution in [0.1, 0.15) is 11.3 Å². The molecule has 1 N–H and O–H groups in total. The largest absolute Gasteiger partial charge is 0.457 e. The maximum Gasteiger partial charge on any atom is 0.224 e. The Balaban J connectivity index is 1.41. The first-order valence-electron chi connectivity index (χ1n) is 8.24. The summed E-state index contributed by atoms with van der Waals surface area (Å²) in [5, 5.41) is 3.74. The van der Waals surface area contributed by atoms with E-state index in [1.165, 1.54) is 12.1 Å². The van der Waals surface area contributed by atoms with Crippen LogP contribution in [-0.4, -0.2) is 10.9 Å². The second-order valence-corrected chi connectivity index (χ2v) is 7.34. The molecule has 2 aromatic carbocycles. The standard InChI is InChI=1S/C20H14ClFN2O2S/c21-14-4-3-5-15(22)13(14)10-19(25)23-11-12-8-9-17(26-12)20-24-16-6-1-2-7-18(16)27-20/h1-9H,10-11H2,(H,23,25). The normalized spacial score (nSPS) is 11.0. The van der Waals surface area contributed by atoms with Crippen LogP contribution in [0.4, 0.5) is 4.39 Å². The van der Waals surface area contributed by atoms with Gasteiger partial charge in [0, 0.05) is 10.6 Å². The summed E-state index contributed by atoms with van der Waals surface area (Å²) < 4.78 is 20.6. The number of rotatable bonds is 5. The molecule has 1 amide bonds. The quantitative estimate of drug-likeness (QED) is 0.500. The van der Waals surface area contributed by atoms with Crippen LogP contribution < -0.4 is 5.32 Å². The maximum atomic E-state index is 13.8. The number of carbonyl (C=O) groups excluding carboxylic acids is 1. The van der Waals surface area contributed by atoms with Crippen molar-refractivity contribution in [2.45, 2.75) is 13.0 Å². The van der Waals surface area contributed by atoms with E-state index in [4.69, 9.17) is 16.0 Å². The lowest BCUT2D eigenvalue weighted by molar-refractivity contribution is -0.120. The second kappa shape index (κ2) is 7.50. The van der Waals surface area contributed by atoms with E-state index in [0.29, 0.717) is 11.5 Å². The third kappa shape index (κ3) is 3.86. The molecular formula is C20H14ClFN2O2S. The van der Waals surface area contributed by atoms with E-state index in [2.05, 4.69) is 10.3 Å². The molecule has 0 bridgehead atoms. The molecule has 4 aromatic rings. The van der Waals surface area contributed by atoms with Gasteiger partial charge in [0.2, 0.25) is 5.91 Å². The van der Waals surface area contributed by atoms with Crippen LogP contribution in [0.25, 0.3) is 21.0 Å². The molecule has 0 aliphatic heterocycles. The van der Waals surface area contributed by atoms with E-state index >= 15 is 0 Å². The van der Waals surface area contributed by atoms with Gasteiger partial charge in [-0.2, -0.15) is 0 Å². The first-order chi connectivity index (χ1) is 13.1. The van der Waals surface area contributed by atoms with E-state index in [1.54, 1.807) is 23.5 Å². The highest BCUT2D eigenvalue weighted by Gasteiger charge is 2.14. The summed E-state index contributed by atoms with van der Waals surface area (Å²) in [7, 11) is 0. The summed E-state index contributed by atoms with van der Waals surface area (Å²) in [5.41, 5.74) is 1.11. The lowest BCUT2D eigenvalue weighted by atomic mass is 10.1. The monoisotopic (exact) mass is 400 g/mol. The molecule has 0 fully saturated rings. The summed E-state index contributed by atoms with van der Waals surface area (Å²) in [4.78, 5) is 16.6. The van der Waals surface area contributed by atoms with E-state index < -0.39 is 5.82 Å². The Morgan fingerprint density at radius 3 is 2.81 bits per heavy atom. The van der Waals surface area contributed by atoms with Crippen molar-refractivity contribution >= 4 is 39.1 Å². The minimum atomic E-state index is -0.492. The number of halogens is 2. The molecule has 2 heterocycles. The lowest BCUT2D eigenvalue weighted by Crippen LogP contribution is -2.24. The smallest absolute Gasteiger partial charge is 0.224 e. The topological polar surface area (TPSA) is 55.1 Å². The highest BCUT2D eigenvalue weighted by atomic mass is 35.5.